The summed E-state index contributed by atoms with van der Waals surface area (Å²) in [4.78, 5) is 26.0. The number of pyridine rings is 3. The number of nitrogens with zero attached hydrogens (tertiary/aromatic N) is 3. The summed E-state index contributed by atoms with van der Waals surface area (Å²) >= 11 is 0. The molecular weight excluding hydrogens is 392 g/mol. The molecule has 0 bridgehead atoms. The summed E-state index contributed by atoms with van der Waals surface area (Å²) in [6.45, 7) is 10.5. The Labute approximate surface area is 181 Å². The Kier molecular flexibility index (Phi) is 5.05. The molecule has 0 saturated heterocycles. The van der Waals surface area contributed by atoms with E-state index < -0.39 is 11.1 Å². The van der Waals surface area contributed by atoms with E-state index in [1.807, 2.05) is 46.9 Å². The van der Waals surface area contributed by atoms with Gasteiger partial charge in [0, 0.05) is 36.3 Å². The van der Waals surface area contributed by atoms with E-state index in [1.165, 1.54) is 0 Å². The SMILES string of the molecule is CCNc1ncc(C(C)(C)N)c2cc(Nc3ccc4c(n3)CC(C)(C)OC4=O)ncc12. The first-order valence-corrected chi connectivity index (χ1v) is 10.4. The van der Waals surface area contributed by atoms with Crippen molar-refractivity contribution >= 4 is 34.2 Å². The minimum atomic E-state index is -0.575. The number of carbonyl (C=O) groups is 1. The van der Waals surface area contributed by atoms with E-state index in [-0.39, 0.29) is 5.97 Å². The van der Waals surface area contributed by atoms with Gasteiger partial charge in [0.15, 0.2) is 0 Å². The van der Waals surface area contributed by atoms with Crippen molar-refractivity contribution in [2.24, 2.45) is 5.73 Å². The lowest BCUT2D eigenvalue weighted by molar-refractivity contribution is -0.00714. The van der Waals surface area contributed by atoms with E-state index in [0.29, 0.717) is 23.6 Å². The number of hydrogen-bond donors (Lipinski definition) is 3. The van der Waals surface area contributed by atoms with E-state index in [2.05, 4.69) is 25.6 Å². The number of carbonyl (C=O) groups excluding carboxylic acids is 1. The van der Waals surface area contributed by atoms with Crippen molar-refractivity contribution in [3.63, 3.8) is 0 Å². The number of nitrogens with two attached hydrogens (primary N) is 1. The molecule has 8 nitrogen and oxygen atoms in total. The molecule has 1 aliphatic rings. The van der Waals surface area contributed by atoms with Gasteiger partial charge in [0.2, 0.25) is 0 Å². The number of fused-ring (bicyclic) bond motifs is 2. The lowest BCUT2D eigenvalue weighted by Gasteiger charge is -2.30. The second kappa shape index (κ2) is 7.46. The minimum absolute atomic E-state index is 0.340. The molecule has 0 radical (unpaired) electrons. The Hall–Kier alpha value is -3.26. The third-order valence-electron chi connectivity index (χ3n) is 5.22. The number of ether oxygens (including phenoxy) is 1. The monoisotopic (exact) mass is 420 g/mol. The predicted molar refractivity (Wildman–Crippen MR) is 122 cm³/mol. The third kappa shape index (κ3) is 4.16. The Balaban J connectivity index is 1.73. The lowest BCUT2D eigenvalue weighted by Crippen LogP contribution is -2.36. The van der Waals surface area contributed by atoms with Crippen LogP contribution in [0.4, 0.5) is 17.5 Å². The van der Waals surface area contributed by atoms with Gasteiger partial charge in [-0.15, -0.1) is 0 Å². The molecule has 0 unspecified atom stereocenters. The van der Waals surface area contributed by atoms with Crippen molar-refractivity contribution in [1.29, 1.82) is 0 Å². The number of aromatic nitrogens is 3. The van der Waals surface area contributed by atoms with Crippen molar-refractivity contribution < 1.29 is 9.53 Å². The maximum Gasteiger partial charge on any atom is 0.340 e. The van der Waals surface area contributed by atoms with Crippen molar-refractivity contribution in [3.8, 4) is 0 Å². The molecule has 4 N–H and O–H groups in total. The fourth-order valence-electron chi connectivity index (χ4n) is 3.79. The van der Waals surface area contributed by atoms with Crippen LogP contribution >= 0.6 is 0 Å². The number of rotatable bonds is 5. The highest BCUT2D eigenvalue weighted by Gasteiger charge is 2.33. The zero-order valence-corrected chi connectivity index (χ0v) is 18.5. The van der Waals surface area contributed by atoms with Crippen LogP contribution in [0.3, 0.4) is 0 Å². The van der Waals surface area contributed by atoms with Crippen LogP contribution in [0.15, 0.2) is 30.6 Å². The standard InChI is InChI=1S/C23H28N6O2/c1-6-25-20-15-11-26-19(9-14(15)16(12-27-20)23(4,5)24)29-18-8-7-13-17(28-18)10-22(2,3)31-21(13)30/h7-9,11-12H,6,10,24H2,1-5H3,(H,25,27)(H,26,28,29). The lowest BCUT2D eigenvalue weighted by atomic mass is 9.93. The Bertz CT molecular complexity index is 1170. The van der Waals surface area contributed by atoms with E-state index in [9.17, 15) is 4.79 Å². The zero-order valence-electron chi connectivity index (χ0n) is 18.5. The molecule has 0 saturated carbocycles. The van der Waals surface area contributed by atoms with Gasteiger partial charge in [0.25, 0.3) is 0 Å². The third-order valence-corrected chi connectivity index (χ3v) is 5.22. The average Bonchev–Trinajstić information content (AvgIpc) is 2.66. The Morgan fingerprint density at radius 2 is 1.94 bits per heavy atom. The van der Waals surface area contributed by atoms with Gasteiger partial charge in [-0.3, -0.25) is 0 Å². The normalized spacial score (nSPS) is 15.4. The first-order chi connectivity index (χ1) is 14.6. The summed E-state index contributed by atoms with van der Waals surface area (Å²) in [6.07, 6.45) is 4.16. The largest absolute Gasteiger partial charge is 0.456 e. The van der Waals surface area contributed by atoms with Crippen LogP contribution in [0.5, 0.6) is 0 Å². The van der Waals surface area contributed by atoms with E-state index in [0.717, 1.165) is 34.4 Å². The quantitative estimate of drug-likeness (QED) is 0.533. The molecule has 0 spiro atoms. The molecule has 0 aliphatic carbocycles. The first-order valence-electron chi connectivity index (χ1n) is 10.4. The molecule has 4 heterocycles. The molecule has 162 valence electrons. The topological polar surface area (TPSA) is 115 Å². The summed E-state index contributed by atoms with van der Waals surface area (Å²) in [6, 6.07) is 5.46. The van der Waals surface area contributed by atoms with E-state index in [4.69, 9.17) is 10.5 Å². The number of esters is 1. The number of cyclic esters (lactones) is 1. The fourth-order valence-corrected chi connectivity index (χ4v) is 3.79. The molecular formula is C23H28N6O2. The molecule has 0 atom stereocenters. The van der Waals surface area contributed by atoms with Crippen molar-refractivity contribution in [2.45, 2.75) is 52.2 Å². The van der Waals surface area contributed by atoms with Gasteiger partial charge in [0.1, 0.15) is 23.1 Å². The highest BCUT2D eigenvalue weighted by Crippen LogP contribution is 2.32. The van der Waals surface area contributed by atoms with Crippen LogP contribution in [-0.4, -0.2) is 33.1 Å². The van der Waals surface area contributed by atoms with Gasteiger partial charge in [0.05, 0.1) is 11.3 Å². The summed E-state index contributed by atoms with van der Waals surface area (Å²) < 4.78 is 5.45. The summed E-state index contributed by atoms with van der Waals surface area (Å²) in [5, 5.41) is 8.42. The smallest absolute Gasteiger partial charge is 0.340 e. The van der Waals surface area contributed by atoms with E-state index >= 15 is 0 Å². The molecule has 0 amide bonds. The summed E-state index contributed by atoms with van der Waals surface area (Å²) in [5.41, 5.74) is 7.42. The van der Waals surface area contributed by atoms with Crippen LogP contribution in [0.2, 0.25) is 0 Å². The molecule has 31 heavy (non-hydrogen) atoms. The molecule has 1 aliphatic heterocycles. The number of nitrogens with one attached hydrogen (secondary N) is 2. The van der Waals surface area contributed by atoms with Gasteiger partial charge in [-0.05, 0) is 63.8 Å². The maximum atomic E-state index is 12.2. The summed E-state index contributed by atoms with van der Waals surface area (Å²) in [7, 11) is 0. The van der Waals surface area contributed by atoms with Crippen LogP contribution in [0.1, 0.15) is 56.2 Å². The molecule has 0 fully saturated rings. The number of hydrogen-bond acceptors (Lipinski definition) is 8. The number of anilines is 3. The van der Waals surface area contributed by atoms with Gasteiger partial charge >= 0.3 is 5.97 Å². The van der Waals surface area contributed by atoms with Gasteiger partial charge in [-0.25, -0.2) is 19.7 Å². The second-order valence-electron chi connectivity index (χ2n) is 9.03. The Morgan fingerprint density at radius 3 is 2.65 bits per heavy atom. The van der Waals surface area contributed by atoms with E-state index in [1.54, 1.807) is 18.3 Å². The zero-order chi connectivity index (χ0) is 22.4. The van der Waals surface area contributed by atoms with Crippen LogP contribution < -0.4 is 16.4 Å². The van der Waals surface area contributed by atoms with Gasteiger partial charge < -0.3 is 21.1 Å². The van der Waals surface area contributed by atoms with Gasteiger partial charge in [-0.1, -0.05) is 0 Å². The van der Waals surface area contributed by atoms with Crippen LogP contribution in [-0.2, 0) is 16.7 Å². The van der Waals surface area contributed by atoms with Crippen LogP contribution in [0.25, 0.3) is 10.8 Å². The van der Waals surface area contributed by atoms with Crippen molar-refractivity contribution in [1.82, 2.24) is 15.0 Å². The fraction of sp³-hybridized carbons (Fsp3) is 0.391. The summed E-state index contributed by atoms with van der Waals surface area (Å²) in [5.74, 6) is 1.69. The highest BCUT2D eigenvalue weighted by atomic mass is 16.6. The first kappa shape index (κ1) is 21.0. The maximum absolute atomic E-state index is 12.2. The molecule has 8 heteroatoms. The van der Waals surface area contributed by atoms with Crippen LogP contribution in [0, 0.1) is 0 Å². The second-order valence-corrected chi connectivity index (χ2v) is 9.03. The highest BCUT2D eigenvalue weighted by molar-refractivity contribution is 5.96. The average molecular weight is 421 g/mol. The molecule has 0 aromatic carbocycles. The molecule has 3 aromatic heterocycles. The van der Waals surface area contributed by atoms with Crippen molar-refractivity contribution in [2.75, 3.05) is 17.2 Å². The minimum Gasteiger partial charge on any atom is -0.456 e. The molecule has 3 aromatic rings. The van der Waals surface area contributed by atoms with Gasteiger partial charge in [-0.2, -0.15) is 0 Å². The predicted octanol–water partition coefficient (Wildman–Crippen LogP) is 3.89. The molecule has 4 rings (SSSR count). The van der Waals surface area contributed by atoms with Crippen molar-refractivity contribution in [3.05, 3.63) is 47.4 Å². The Morgan fingerprint density at radius 1 is 1.16 bits per heavy atom.